The highest BCUT2D eigenvalue weighted by atomic mass is 19.4. The van der Waals surface area contributed by atoms with Crippen LogP contribution in [0.3, 0.4) is 0 Å². The third-order valence-electron chi connectivity index (χ3n) is 7.91. The summed E-state index contributed by atoms with van der Waals surface area (Å²) in [5, 5.41) is 0. The molecule has 2 heterocycles. The normalized spacial score (nSPS) is 14.2. The molecule has 1 amide bonds. The van der Waals surface area contributed by atoms with Gasteiger partial charge in [0.15, 0.2) is 11.6 Å². The van der Waals surface area contributed by atoms with Crippen LogP contribution in [0.2, 0.25) is 0 Å². The summed E-state index contributed by atoms with van der Waals surface area (Å²) in [6, 6.07) is 14.3. The number of likely N-dealkylation sites (tertiary alicyclic amines) is 1. The number of alkyl halides is 3. The summed E-state index contributed by atoms with van der Waals surface area (Å²) in [7, 11) is 1.22. The van der Waals surface area contributed by atoms with E-state index in [1.807, 2.05) is 0 Å². The molecule has 1 saturated heterocycles. The Morgan fingerprint density at radius 1 is 0.909 bits per heavy atom. The van der Waals surface area contributed by atoms with E-state index in [4.69, 9.17) is 4.74 Å². The Hall–Kier alpha value is -4.74. The molecule has 0 N–H and O–H groups in total. The topological polar surface area (TPSA) is 73.5 Å². The van der Waals surface area contributed by atoms with Crippen molar-refractivity contribution in [3.05, 3.63) is 122 Å². The second-order valence-electron chi connectivity index (χ2n) is 10.4. The lowest BCUT2D eigenvalue weighted by molar-refractivity contribution is -0.138. The van der Waals surface area contributed by atoms with E-state index in [0.29, 0.717) is 24.6 Å². The van der Waals surface area contributed by atoms with Crippen LogP contribution in [0.1, 0.15) is 41.3 Å². The van der Waals surface area contributed by atoms with Crippen molar-refractivity contribution in [2.45, 2.75) is 45.1 Å². The lowest BCUT2D eigenvalue weighted by Gasteiger charge is -2.29. The summed E-state index contributed by atoms with van der Waals surface area (Å²) in [4.78, 5) is 42.5. The maximum Gasteiger partial charge on any atom is 0.416 e. The van der Waals surface area contributed by atoms with E-state index in [-0.39, 0.29) is 41.4 Å². The van der Waals surface area contributed by atoms with Gasteiger partial charge in [-0.2, -0.15) is 13.2 Å². The first kappa shape index (κ1) is 30.7. The van der Waals surface area contributed by atoms with E-state index < -0.39 is 52.8 Å². The average molecular weight is 614 g/mol. The minimum Gasteiger partial charge on any atom is -0.494 e. The van der Waals surface area contributed by atoms with Crippen molar-refractivity contribution in [2.75, 3.05) is 13.7 Å². The standard InChI is InChI=1S/C32H28F5N3O4/c1-19-28(21-11-6-14-26(44-2)29(21)34)30(42)40(18-25(20-9-4-3-5-10-20)38-16-8-15-27(38)41)31(43)39(19)17-22-23(32(35,36)37)12-7-13-24(22)33/h3-7,9-14,25H,8,15-18H2,1-2H3. The van der Waals surface area contributed by atoms with Crippen molar-refractivity contribution in [1.29, 1.82) is 0 Å². The van der Waals surface area contributed by atoms with Crippen LogP contribution in [0.25, 0.3) is 11.1 Å². The number of aromatic nitrogens is 2. The van der Waals surface area contributed by atoms with E-state index >= 15 is 4.39 Å². The predicted molar refractivity (Wildman–Crippen MR) is 152 cm³/mol. The molecule has 1 atom stereocenters. The summed E-state index contributed by atoms with van der Waals surface area (Å²) >= 11 is 0. The molecule has 5 rings (SSSR count). The average Bonchev–Trinajstić information content (AvgIpc) is 3.42. The molecule has 1 fully saturated rings. The van der Waals surface area contributed by atoms with E-state index in [2.05, 4.69) is 0 Å². The molecule has 0 bridgehead atoms. The fourth-order valence-corrected chi connectivity index (χ4v) is 5.69. The van der Waals surface area contributed by atoms with Gasteiger partial charge in [-0.3, -0.25) is 18.7 Å². The smallest absolute Gasteiger partial charge is 0.416 e. The number of amides is 1. The molecule has 1 aliphatic rings. The van der Waals surface area contributed by atoms with Crippen molar-refractivity contribution >= 4 is 5.91 Å². The van der Waals surface area contributed by atoms with E-state index in [1.54, 1.807) is 30.3 Å². The minimum atomic E-state index is -4.94. The Bertz CT molecular complexity index is 1830. The van der Waals surface area contributed by atoms with E-state index in [0.717, 1.165) is 21.3 Å². The molecule has 1 aromatic heterocycles. The Morgan fingerprint density at radius 3 is 2.25 bits per heavy atom. The number of methoxy groups -OCH3 is 1. The quantitative estimate of drug-likeness (QED) is 0.239. The Labute approximate surface area is 248 Å². The highest BCUT2D eigenvalue weighted by molar-refractivity contribution is 5.78. The van der Waals surface area contributed by atoms with Crippen LogP contribution < -0.4 is 16.0 Å². The summed E-state index contributed by atoms with van der Waals surface area (Å²) in [6.45, 7) is 0.363. The first-order valence-corrected chi connectivity index (χ1v) is 13.8. The lowest BCUT2D eigenvalue weighted by atomic mass is 10.0. The second-order valence-corrected chi connectivity index (χ2v) is 10.4. The van der Waals surface area contributed by atoms with Gasteiger partial charge in [0, 0.05) is 29.8 Å². The first-order valence-electron chi connectivity index (χ1n) is 13.8. The molecule has 230 valence electrons. The fourth-order valence-electron chi connectivity index (χ4n) is 5.69. The zero-order valence-corrected chi connectivity index (χ0v) is 23.8. The number of rotatable bonds is 8. The minimum absolute atomic E-state index is 0.173. The predicted octanol–water partition coefficient (Wildman–Crippen LogP) is 5.70. The van der Waals surface area contributed by atoms with Gasteiger partial charge in [-0.05, 0) is 37.1 Å². The third-order valence-corrected chi connectivity index (χ3v) is 7.91. The zero-order chi connectivity index (χ0) is 31.8. The van der Waals surface area contributed by atoms with Crippen molar-refractivity contribution in [2.24, 2.45) is 0 Å². The van der Waals surface area contributed by atoms with Crippen LogP contribution in [0.5, 0.6) is 5.75 Å². The largest absolute Gasteiger partial charge is 0.494 e. The Balaban J connectivity index is 1.78. The van der Waals surface area contributed by atoms with Gasteiger partial charge in [0.2, 0.25) is 5.91 Å². The fraction of sp³-hybridized carbons (Fsp3) is 0.281. The van der Waals surface area contributed by atoms with Gasteiger partial charge in [-0.25, -0.2) is 13.6 Å². The lowest BCUT2D eigenvalue weighted by Crippen LogP contribution is -2.45. The number of hydrogen-bond donors (Lipinski definition) is 0. The summed E-state index contributed by atoms with van der Waals surface area (Å²) in [5.74, 6) is -2.53. The molecule has 12 heteroatoms. The summed E-state index contributed by atoms with van der Waals surface area (Å²) in [5.41, 5.74) is -4.20. The maximum absolute atomic E-state index is 15.6. The molecule has 3 aromatic carbocycles. The van der Waals surface area contributed by atoms with Gasteiger partial charge in [0.05, 0.1) is 37.4 Å². The van der Waals surface area contributed by atoms with Crippen LogP contribution >= 0.6 is 0 Å². The SMILES string of the molecule is COc1cccc(-c2c(C)n(Cc3c(F)cccc3C(F)(F)F)c(=O)n(CC(c3ccccc3)N3CCCC3=O)c2=O)c1F. The number of ether oxygens (including phenoxy) is 1. The zero-order valence-electron chi connectivity index (χ0n) is 23.8. The van der Waals surface area contributed by atoms with Crippen molar-refractivity contribution in [3.8, 4) is 16.9 Å². The first-order chi connectivity index (χ1) is 20.9. The van der Waals surface area contributed by atoms with Gasteiger partial charge in [-0.15, -0.1) is 0 Å². The van der Waals surface area contributed by atoms with Crippen LogP contribution in [-0.4, -0.2) is 33.6 Å². The van der Waals surface area contributed by atoms with Gasteiger partial charge < -0.3 is 9.64 Å². The molecule has 1 aliphatic heterocycles. The molecule has 1 unspecified atom stereocenters. The van der Waals surface area contributed by atoms with Crippen LogP contribution in [0.4, 0.5) is 22.0 Å². The second kappa shape index (κ2) is 12.1. The Kier molecular flexibility index (Phi) is 8.44. The van der Waals surface area contributed by atoms with Crippen LogP contribution in [0.15, 0.2) is 76.3 Å². The van der Waals surface area contributed by atoms with Gasteiger partial charge in [-0.1, -0.05) is 48.5 Å². The van der Waals surface area contributed by atoms with Crippen LogP contribution in [-0.2, 0) is 24.1 Å². The number of benzene rings is 3. The molecule has 0 radical (unpaired) electrons. The van der Waals surface area contributed by atoms with Gasteiger partial charge in [0.1, 0.15) is 5.82 Å². The van der Waals surface area contributed by atoms with E-state index in [1.165, 1.54) is 37.1 Å². The van der Waals surface area contributed by atoms with Crippen LogP contribution in [0, 0.1) is 18.6 Å². The van der Waals surface area contributed by atoms with E-state index in [9.17, 15) is 31.9 Å². The van der Waals surface area contributed by atoms with Gasteiger partial charge in [0.25, 0.3) is 5.56 Å². The Morgan fingerprint density at radius 2 is 1.61 bits per heavy atom. The number of nitrogens with zero attached hydrogens (tertiary/aromatic N) is 3. The van der Waals surface area contributed by atoms with Crippen molar-refractivity contribution in [3.63, 3.8) is 0 Å². The highest BCUT2D eigenvalue weighted by Crippen LogP contribution is 2.34. The number of halogens is 5. The number of carbonyl (C=O) groups excluding carboxylic acids is 1. The number of carbonyl (C=O) groups is 1. The maximum atomic E-state index is 15.6. The monoisotopic (exact) mass is 613 g/mol. The molecular formula is C32H28F5N3O4. The molecule has 7 nitrogen and oxygen atoms in total. The highest BCUT2D eigenvalue weighted by Gasteiger charge is 2.36. The van der Waals surface area contributed by atoms with Crippen molar-refractivity contribution < 1.29 is 31.5 Å². The number of hydrogen-bond acceptors (Lipinski definition) is 4. The molecule has 4 aromatic rings. The molecule has 0 spiro atoms. The molecular weight excluding hydrogens is 585 g/mol. The summed E-state index contributed by atoms with van der Waals surface area (Å²) < 4.78 is 79.0. The molecule has 0 aliphatic carbocycles. The summed E-state index contributed by atoms with van der Waals surface area (Å²) in [6.07, 6.45) is -4.12. The van der Waals surface area contributed by atoms with Crippen molar-refractivity contribution in [1.82, 2.24) is 14.0 Å². The third kappa shape index (κ3) is 5.63. The molecule has 0 saturated carbocycles. The molecule has 44 heavy (non-hydrogen) atoms. The van der Waals surface area contributed by atoms with Gasteiger partial charge >= 0.3 is 11.9 Å².